The van der Waals surface area contributed by atoms with E-state index in [9.17, 15) is 4.79 Å². The standard InChI is InChI=1S/C20H24N4O2S2/c25-19(21-13-16-8-4-10-26-16)14-28-20-23-22-18(12-17-9-5-11-27-17)24(20)15-6-2-1-3-7-15/h4-5,8-11,15H,1-3,6-7,12-14H2,(H,21,25). The van der Waals surface area contributed by atoms with Gasteiger partial charge in [-0.3, -0.25) is 4.79 Å². The molecule has 0 atom stereocenters. The second-order valence-electron chi connectivity index (χ2n) is 6.96. The van der Waals surface area contributed by atoms with Crippen molar-refractivity contribution >= 4 is 29.0 Å². The highest BCUT2D eigenvalue weighted by molar-refractivity contribution is 7.99. The molecular formula is C20H24N4O2S2. The van der Waals surface area contributed by atoms with Gasteiger partial charge in [0, 0.05) is 17.3 Å². The van der Waals surface area contributed by atoms with Gasteiger partial charge < -0.3 is 14.3 Å². The molecule has 1 N–H and O–H groups in total. The van der Waals surface area contributed by atoms with E-state index in [0.29, 0.717) is 18.3 Å². The number of carbonyl (C=O) groups excluding carboxylic acids is 1. The summed E-state index contributed by atoms with van der Waals surface area (Å²) in [7, 11) is 0. The van der Waals surface area contributed by atoms with Crippen molar-refractivity contribution in [2.75, 3.05) is 5.75 Å². The summed E-state index contributed by atoms with van der Waals surface area (Å²) >= 11 is 3.21. The first-order chi connectivity index (χ1) is 13.8. The first-order valence-electron chi connectivity index (χ1n) is 9.67. The number of thioether (sulfide) groups is 1. The lowest BCUT2D eigenvalue weighted by Gasteiger charge is -2.25. The highest BCUT2D eigenvalue weighted by Crippen LogP contribution is 2.33. The maximum absolute atomic E-state index is 12.2. The van der Waals surface area contributed by atoms with Crippen molar-refractivity contribution in [1.82, 2.24) is 20.1 Å². The summed E-state index contributed by atoms with van der Waals surface area (Å²) in [6.07, 6.45) is 8.52. The van der Waals surface area contributed by atoms with Crippen LogP contribution in [0.1, 0.15) is 54.6 Å². The zero-order valence-electron chi connectivity index (χ0n) is 15.7. The summed E-state index contributed by atoms with van der Waals surface area (Å²) in [5, 5.41) is 14.8. The second-order valence-corrected chi connectivity index (χ2v) is 8.94. The maximum atomic E-state index is 12.2. The van der Waals surface area contributed by atoms with Crippen LogP contribution >= 0.6 is 23.1 Å². The van der Waals surface area contributed by atoms with E-state index >= 15 is 0 Å². The number of furan rings is 1. The van der Waals surface area contributed by atoms with Crippen LogP contribution in [0.5, 0.6) is 0 Å². The number of hydrogen-bond donors (Lipinski definition) is 1. The maximum Gasteiger partial charge on any atom is 0.230 e. The van der Waals surface area contributed by atoms with E-state index in [4.69, 9.17) is 4.42 Å². The van der Waals surface area contributed by atoms with Gasteiger partial charge in [0.05, 0.1) is 18.6 Å². The van der Waals surface area contributed by atoms with Crippen molar-refractivity contribution in [2.45, 2.75) is 56.3 Å². The molecule has 0 saturated heterocycles. The Kier molecular flexibility index (Phi) is 6.49. The quantitative estimate of drug-likeness (QED) is 0.550. The van der Waals surface area contributed by atoms with Gasteiger partial charge in [-0.2, -0.15) is 0 Å². The summed E-state index contributed by atoms with van der Waals surface area (Å²) in [6, 6.07) is 8.31. The molecule has 3 aromatic rings. The van der Waals surface area contributed by atoms with Crippen LogP contribution in [0.15, 0.2) is 45.5 Å². The molecule has 0 bridgehead atoms. The topological polar surface area (TPSA) is 73.0 Å². The van der Waals surface area contributed by atoms with Crippen molar-refractivity contribution in [3.8, 4) is 0 Å². The summed E-state index contributed by atoms with van der Waals surface area (Å²) in [4.78, 5) is 13.5. The van der Waals surface area contributed by atoms with Gasteiger partial charge in [0.25, 0.3) is 0 Å². The van der Waals surface area contributed by atoms with E-state index in [1.807, 2.05) is 12.1 Å². The average molecular weight is 417 g/mol. The first-order valence-corrected chi connectivity index (χ1v) is 11.5. The highest BCUT2D eigenvalue weighted by Gasteiger charge is 2.23. The van der Waals surface area contributed by atoms with Gasteiger partial charge in [-0.05, 0) is 36.4 Å². The molecular weight excluding hydrogens is 392 g/mol. The minimum atomic E-state index is -0.0283. The third kappa shape index (κ3) is 4.86. The van der Waals surface area contributed by atoms with Gasteiger partial charge in [-0.15, -0.1) is 21.5 Å². The second kappa shape index (κ2) is 9.43. The molecule has 1 saturated carbocycles. The van der Waals surface area contributed by atoms with E-state index in [1.165, 1.54) is 35.9 Å². The normalized spacial score (nSPS) is 15.0. The fourth-order valence-corrected chi connectivity index (χ4v) is 5.14. The fourth-order valence-electron chi connectivity index (χ4n) is 3.58. The molecule has 0 aliphatic heterocycles. The molecule has 4 rings (SSSR count). The molecule has 0 spiro atoms. The number of amides is 1. The van der Waals surface area contributed by atoms with Gasteiger partial charge >= 0.3 is 0 Å². The fraction of sp³-hybridized carbons (Fsp3) is 0.450. The van der Waals surface area contributed by atoms with Gasteiger partial charge in [0.2, 0.25) is 5.91 Å². The highest BCUT2D eigenvalue weighted by atomic mass is 32.2. The molecule has 1 aliphatic rings. The lowest BCUT2D eigenvalue weighted by molar-refractivity contribution is -0.118. The molecule has 0 aromatic carbocycles. The zero-order chi connectivity index (χ0) is 19.2. The Morgan fingerprint density at radius 3 is 2.89 bits per heavy atom. The SMILES string of the molecule is O=C(CSc1nnc(Cc2cccs2)n1C1CCCCC1)NCc1ccco1. The molecule has 0 unspecified atom stereocenters. The zero-order valence-corrected chi connectivity index (χ0v) is 17.3. The lowest BCUT2D eigenvalue weighted by atomic mass is 9.95. The minimum absolute atomic E-state index is 0.0283. The number of carbonyl (C=O) groups is 1. The molecule has 3 aromatic heterocycles. The molecule has 148 valence electrons. The monoisotopic (exact) mass is 416 g/mol. The van der Waals surface area contributed by atoms with Gasteiger partial charge in [-0.1, -0.05) is 37.1 Å². The Labute approximate surface area is 172 Å². The predicted molar refractivity (Wildman–Crippen MR) is 111 cm³/mol. The molecule has 6 nitrogen and oxygen atoms in total. The summed E-state index contributed by atoms with van der Waals surface area (Å²) in [5.41, 5.74) is 0. The van der Waals surface area contributed by atoms with E-state index < -0.39 is 0 Å². The number of nitrogens with zero attached hydrogens (tertiary/aromatic N) is 3. The van der Waals surface area contributed by atoms with Crippen LogP contribution in [0.4, 0.5) is 0 Å². The molecule has 8 heteroatoms. The smallest absolute Gasteiger partial charge is 0.230 e. The third-order valence-electron chi connectivity index (χ3n) is 4.96. The van der Waals surface area contributed by atoms with Crippen LogP contribution in [-0.4, -0.2) is 26.4 Å². The van der Waals surface area contributed by atoms with Crippen molar-refractivity contribution in [2.24, 2.45) is 0 Å². The first kappa shape index (κ1) is 19.3. The number of nitrogens with one attached hydrogen (secondary N) is 1. The summed E-state index contributed by atoms with van der Waals surface area (Å²) < 4.78 is 7.55. The number of hydrogen-bond acceptors (Lipinski definition) is 6. The van der Waals surface area contributed by atoms with Crippen molar-refractivity contribution < 1.29 is 9.21 Å². The van der Waals surface area contributed by atoms with Crippen molar-refractivity contribution in [3.63, 3.8) is 0 Å². The number of aromatic nitrogens is 3. The number of thiophene rings is 1. The minimum Gasteiger partial charge on any atom is -0.467 e. The summed E-state index contributed by atoms with van der Waals surface area (Å²) in [6.45, 7) is 0.408. The van der Waals surface area contributed by atoms with E-state index in [1.54, 1.807) is 17.6 Å². The molecule has 28 heavy (non-hydrogen) atoms. The molecule has 1 fully saturated rings. The average Bonchev–Trinajstić information content (AvgIpc) is 3.48. The van der Waals surface area contributed by atoms with Gasteiger partial charge in [-0.25, -0.2) is 0 Å². The Morgan fingerprint density at radius 1 is 1.25 bits per heavy atom. The van der Waals surface area contributed by atoms with Crippen LogP contribution in [0, 0.1) is 0 Å². The van der Waals surface area contributed by atoms with E-state index in [0.717, 1.165) is 36.0 Å². The number of rotatable bonds is 8. The van der Waals surface area contributed by atoms with Gasteiger partial charge in [0.15, 0.2) is 5.16 Å². The van der Waals surface area contributed by atoms with Crippen molar-refractivity contribution in [3.05, 3.63) is 52.4 Å². The molecule has 1 aliphatic carbocycles. The van der Waals surface area contributed by atoms with Crippen LogP contribution in [0.3, 0.4) is 0 Å². The Balaban J connectivity index is 1.43. The molecule has 1 amide bonds. The Hall–Kier alpha value is -2.06. The Morgan fingerprint density at radius 2 is 2.14 bits per heavy atom. The van der Waals surface area contributed by atoms with E-state index in [-0.39, 0.29) is 5.91 Å². The van der Waals surface area contributed by atoms with Gasteiger partial charge in [0.1, 0.15) is 11.6 Å². The van der Waals surface area contributed by atoms with Crippen LogP contribution in [-0.2, 0) is 17.8 Å². The van der Waals surface area contributed by atoms with Crippen LogP contribution in [0.25, 0.3) is 0 Å². The molecule has 3 heterocycles. The van der Waals surface area contributed by atoms with Crippen LogP contribution in [0.2, 0.25) is 0 Å². The van der Waals surface area contributed by atoms with Crippen molar-refractivity contribution in [1.29, 1.82) is 0 Å². The summed E-state index contributed by atoms with van der Waals surface area (Å²) in [5.74, 6) is 2.05. The molecule has 0 radical (unpaired) electrons. The Bertz CT molecular complexity index is 868. The third-order valence-corrected chi connectivity index (χ3v) is 6.78. The van der Waals surface area contributed by atoms with Crippen LogP contribution < -0.4 is 5.32 Å². The predicted octanol–water partition coefficient (Wildman–Crippen LogP) is 4.44. The van der Waals surface area contributed by atoms with E-state index in [2.05, 4.69) is 37.6 Å². The lowest BCUT2D eigenvalue weighted by Crippen LogP contribution is -2.24. The largest absolute Gasteiger partial charge is 0.467 e.